The van der Waals surface area contributed by atoms with Crippen molar-refractivity contribution in [2.75, 3.05) is 11.4 Å². The molecule has 0 fully saturated rings. The van der Waals surface area contributed by atoms with Gasteiger partial charge in [0.15, 0.2) is 0 Å². The number of pyridine rings is 1. The average molecular weight is 1060 g/mol. The fourth-order valence-electron chi connectivity index (χ4n) is 9.29. The van der Waals surface area contributed by atoms with E-state index in [1.165, 1.54) is 0 Å². The van der Waals surface area contributed by atoms with Crippen molar-refractivity contribution in [3.63, 3.8) is 0 Å². The number of nitrogens with zero attached hydrogens (tertiary/aromatic N) is 5. The van der Waals surface area contributed by atoms with E-state index < -0.39 is 60.4 Å². The fraction of sp³-hybridized carbons (Fsp3) is 0.100. The van der Waals surface area contributed by atoms with E-state index >= 15 is 0 Å². The Morgan fingerprint density at radius 2 is 1.31 bits per heavy atom. The number of imidazole rings is 1. The van der Waals surface area contributed by atoms with Gasteiger partial charge in [0.1, 0.15) is 0 Å². The van der Waals surface area contributed by atoms with Gasteiger partial charge >= 0.3 is 361 Å². The second kappa shape index (κ2) is 16.4. The summed E-state index contributed by atoms with van der Waals surface area (Å²) in [5.41, 5.74) is 7.83. The molecule has 7 heteroatoms. The van der Waals surface area contributed by atoms with Gasteiger partial charge in [-0.1, -0.05) is 32.9 Å². The zero-order valence-electron chi connectivity index (χ0n) is 46.6. The third kappa shape index (κ3) is 7.06. The molecule has 0 aliphatic carbocycles. The van der Waals surface area contributed by atoms with Crippen LogP contribution < -0.4 is 9.64 Å². The molecule has 8 aromatic carbocycles. The molecular weight excluding hydrogens is 1000 g/mol. The summed E-state index contributed by atoms with van der Waals surface area (Å²) in [6.07, 6.45) is 2.41. The first-order valence-electron chi connectivity index (χ1n) is 26.9. The van der Waals surface area contributed by atoms with Crippen LogP contribution in [0.15, 0.2) is 194 Å². The number of aromatic nitrogens is 4. The van der Waals surface area contributed by atoms with Crippen LogP contribution in [0.2, 0.25) is 0 Å². The van der Waals surface area contributed by atoms with Gasteiger partial charge in [0.25, 0.3) is 0 Å². The second-order valence-electron chi connectivity index (χ2n) is 17.4. The normalized spacial score (nSPS) is 14.7. The van der Waals surface area contributed by atoms with Gasteiger partial charge in [-0.2, -0.15) is 0 Å². The van der Waals surface area contributed by atoms with Gasteiger partial charge in [-0.3, -0.25) is 0 Å². The molecule has 0 saturated heterocycles. The quantitative estimate of drug-likeness (QED) is 0.149. The number of fused-ring (bicyclic) bond motifs is 5. The topological polar surface area (TPSA) is 40.1 Å². The van der Waals surface area contributed by atoms with E-state index in [2.05, 4.69) is 103 Å². The summed E-state index contributed by atoms with van der Waals surface area (Å²) in [5.74, 6) is 1.57. The first kappa shape index (κ1) is 31.4. The van der Waals surface area contributed by atoms with Crippen molar-refractivity contribution in [3.8, 4) is 50.9 Å². The molecule has 4 heterocycles. The first-order valence-corrected chi connectivity index (χ1v) is 23.1. The monoisotopic (exact) mass is 1060 g/mol. The van der Waals surface area contributed by atoms with Crippen LogP contribution in [0.4, 0.5) is 11.4 Å². The molecule has 328 valence electrons. The van der Waals surface area contributed by atoms with Crippen LogP contribution in [-0.4, -0.2) is 25.2 Å². The van der Waals surface area contributed by atoms with Gasteiger partial charge in [-0.25, -0.2) is 0 Å². The molecule has 0 spiro atoms. The number of anilines is 2. The van der Waals surface area contributed by atoms with Crippen LogP contribution in [0.1, 0.15) is 45.6 Å². The summed E-state index contributed by atoms with van der Waals surface area (Å²) in [4.78, 5) is 7.09. The predicted molar refractivity (Wildman–Crippen MR) is 269 cm³/mol. The van der Waals surface area contributed by atoms with E-state index in [1.807, 2.05) is 83.6 Å². The second-order valence-corrected chi connectivity index (χ2v) is 18.4. The maximum absolute atomic E-state index is 9.24. The number of hydrogen-bond acceptors (Lipinski definition) is 3. The van der Waals surface area contributed by atoms with Crippen LogP contribution in [-0.2, 0) is 31.2 Å². The maximum atomic E-state index is 9.24. The first-order chi connectivity index (χ1) is 36.9. The van der Waals surface area contributed by atoms with Crippen molar-refractivity contribution in [2.45, 2.75) is 32.6 Å². The Bertz CT molecular complexity index is 4210. The molecule has 0 bridgehead atoms. The van der Waals surface area contributed by atoms with Crippen molar-refractivity contribution >= 4 is 44.2 Å². The minimum atomic E-state index is -0.565. The predicted octanol–water partition coefficient (Wildman–Crippen LogP) is 14.7. The molecule has 0 unspecified atom stereocenters. The Labute approximate surface area is 415 Å². The average Bonchev–Trinajstić information content (AvgIpc) is 4.08. The molecule has 6 nitrogen and oxygen atoms in total. The van der Waals surface area contributed by atoms with Crippen LogP contribution in [0.5, 0.6) is 11.5 Å². The standard InChI is InChI=1S/C60H45N5O.Pt/c1-60(2,3)44-33-35-61-57(37-44)65-52-27-14-13-24-50(52)51-31-29-46(38-55(51)65)66-47-30-32-53-56(39-47)64-40-63(54-28-15-21-43(58(54)64)34-36-62(53)45-22-11-6-12-23-45)59-48(41-17-7-4-8-18-41)25-16-26-49(59)42-19-9-5-10-20-42;/h4-33,35,37H,34,36H2,1-3H3;/q-2;/i4D,5D,7D,8D,9D,10D,17D,18D,19D,20D;. The molecule has 1 aliphatic heterocycles. The van der Waals surface area contributed by atoms with Gasteiger partial charge in [-0.15, -0.1) is 0 Å². The Hall–Kier alpha value is -7.53. The number of hydrogen-bond donors (Lipinski definition) is 0. The molecule has 0 amide bonds. The Morgan fingerprint density at radius 1 is 0.642 bits per heavy atom. The molecule has 1 aliphatic rings. The Balaban J connectivity index is 1.13. The summed E-state index contributed by atoms with van der Waals surface area (Å²) in [7, 11) is 0. The van der Waals surface area contributed by atoms with Gasteiger partial charge < -0.3 is 0 Å². The van der Waals surface area contributed by atoms with Crippen LogP contribution in [0.3, 0.4) is 0 Å². The molecule has 0 atom stereocenters. The van der Waals surface area contributed by atoms with Crippen molar-refractivity contribution < 1.29 is 37.8 Å². The van der Waals surface area contributed by atoms with Crippen molar-refractivity contribution in [1.82, 2.24) is 18.7 Å². The van der Waals surface area contributed by atoms with Gasteiger partial charge in [0.2, 0.25) is 0 Å². The third-order valence-electron chi connectivity index (χ3n) is 12.4. The molecule has 11 aromatic rings. The number of benzene rings is 8. The van der Waals surface area contributed by atoms with E-state index in [9.17, 15) is 5.48 Å². The summed E-state index contributed by atoms with van der Waals surface area (Å²) in [6.45, 7) is 7.09. The molecule has 3 aromatic heterocycles. The van der Waals surface area contributed by atoms with Gasteiger partial charge in [0.05, 0.1) is 0 Å². The SMILES string of the molecule is [2H]c1c([2H])c([2H])c(-c2cccc(-c3c([2H])c([2H])c([2H])c([2H])c3[2H])c2-n2[c](=[Pt])n3c4c(cccc42)CCN(c2ccccc2)c2ccc(Oc4[c-]c5c(cc4)c4ccccc4n5-c4cc(C(C)(C)C)ccn4)[c-]c2-3)c([2H])c1[2H]. The fourth-order valence-corrected chi connectivity index (χ4v) is 10.3. The molecule has 12 rings (SSSR count). The Kier molecular flexibility index (Phi) is 7.69. The summed E-state index contributed by atoms with van der Waals surface area (Å²) >= 11 is 2.22. The molecular formula is C60H45N5OPt-2. The van der Waals surface area contributed by atoms with Crippen molar-refractivity contribution in [1.29, 1.82) is 0 Å². The summed E-state index contributed by atoms with van der Waals surface area (Å²) in [6, 6.07) is 43.2. The van der Waals surface area contributed by atoms with E-state index in [4.69, 9.17) is 17.9 Å². The zero-order chi connectivity index (χ0) is 53.9. The van der Waals surface area contributed by atoms with Crippen molar-refractivity contribution in [2.24, 2.45) is 0 Å². The summed E-state index contributed by atoms with van der Waals surface area (Å²) < 4.78 is 102. The minimum absolute atomic E-state index is 0.117. The third-order valence-corrected chi connectivity index (χ3v) is 13.4. The van der Waals surface area contributed by atoms with Gasteiger partial charge in [-0.05, 0) is 17.0 Å². The molecule has 0 N–H and O–H groups in total. The number of ether oxygens (including phenoxy) is 1. The van der Waals surface area contributed by atoms with E-state index in [-0.39, 0.29) is 33.4 Å². The number of rotatable bonds is 7. The van der Waals surface area contributed by atoms with Crippen LogP contribution in [0, 0.1) is 15.9 Å². The zero-order valence-corrected chi connectivity index (χ0v) is 38.8. The molecule has 0 saturated carbocycles. The van der Waals surface area contributed by atoms with E-state index in [0.717, 1.165) is 55.6 Å². The van der Waals surface area contributed by atoms with Crippen molar-refractivity contribution in [3.05, 3.63) is 221 Å². The molecule has 0 radical (unpaired) electrons. The summed E-state index contributed by atoms with van der Waals surface area (Å²) in [5, 5.41) is 2.03. The van der Waals surface area contributed by atoms with Gasteiger partial charge in [0, 0.05) is 6.20 Å². The Morgan fingerprint density at radius 3 is 2.06 bits per heavy atom. The van der Waals surface area contributed by atoms with E-state index in [0.29, 0.717) is 39.5 Å². The molecule has 67 heavy (non-hydrogen) atoms. The van der Waals surface area contributed by atoms with Crippen LogP contribution in [0.25, 0.3) is 72.3 Å². The van der Waals surface area contributed by atoms with Crippen LogP contribution >= 0.6 is 0 Å². The number of para-hydroxylation sites is 4. The van der Waals surface area contributed by atoms with E-state index in [1.54, 1.807) is 18.2 Å².